The summed E-state index contributed by atoms with van der Waals surface area (Å²) in [7, 11) is 2.06. The van der Waals surface area contributed by atoms with Crippen LogP contribution in [0.1, 0.15) is 39.0 Å². The Morgan fingerprint density at radius 1 is 1.37 bits per heavy atom. The van der Waals surface area contributed by atoms with Gasteiger partial charge in [-0.25, -0.2) is 4.98 Å². The van der Waals surface area contributed by atoms with E-state index in [2.05, 4.69) is 28.8 Å². The van der Waals surface area contributed by atoms with Crippen LogP contribution in [0.4, 0.5) is 5.95 Å². The summed E-state index contributed by atoms with van der Waals surface area (Å²) < 4.78 is 5.55. The van der Waals surface area contributed by atoms with Crippen LogP contribution in [-0.2, 0) is 0 Å². The Morgan fingerprint density at radius 3 is 2.79 bits per heavy atom. The fourth-order valence-electron chi connectivity index (χ4n) is 2.44. The van der Waals surface area contributed by atoms with Crippen molar-refractivity contribution in [3.05, 3.63) is 12.3 Å². The fourth-order valence-corrected chi connectivity index (χ4v) is 2.44. The smallest absolute Gasteiger partial charge is 0.228 e. The summed E-state index contributed by atoms with van der Waals surface area (Å²) in [6, 6.07) is 2.66. The molecule has 1 aliphatic rings. The molecule has 19 heavy (non-hydrogen) atoms. The van der Waals surface area contributed by atoms with Gasteiger partial charge in [0, 0.05) is 31.4 Å². The predicted octanol–water partition coefficient (Wildman–Crippen LogP) is 1.97. The minimum atomic E-state index is 0.366. The number of nitrogens with two attached hydrogens (primary N) is 1. The number of anilines is 1. The molecule has 0 atom stereocenters. The Hall–Kier alpha value is -1.36. The Labute approximate surface area is 115 Å². The van der Waals surface area contributed by atoms with Crippen LogP contribution in [0, 0.1) is 0 Å². The Kier molecular flexibility index (Phi) is 4.96. The summed E-state index contributed by atoms with van der Waals surface area (Å²) >= 11 is 0. The predicted molar refractivity (Wildman–Crippen MR) is 76.5 cm³/mol. The maximum atomic E-state index is 5.94. The van der Waals surface area contributed by atoms with Gasteiger partial charge in [0.1, 0.15) is 0 Å². The third kappa shape index (κ3) is 3.80. The fraction of sp³-hybridized carbons (Fsp3) is 0.714. The van der Waals surface area contributed by atoms with Gasteiger partial charge in [0.05, 0.1) is 6.61 Å². The van der Waals surface area contributed by atoms with Crippen LogP contribution in [0.3, 0.4) is 0 Å². The second kappa shape index (κ2) is 6.70. The molecule has 0 unspecified atom stereocenters. The van der Waals surface area contributed by atoms with Crippen molar-refractivity contribution in [1.29, 1.82) is 0 Å². The molecular formula is C14H24N4O. The molecule has 0 aliphatic heterocycles. The van der Waals surface area contributed by atoms with Gasteiger partial charge in [0.2, 0.25) is 11.8 Å². The second-order valence-electron chi connectivity index (χ2n) is 5.22. The highest BCUT2D eigenvalue weighted by Gasteiger charge is 2.23. The third-order valence-electron chi connectivity index (χ3n) is 3.68. The van der Waals surface area contributed by atoms with Crippen LogP contribution >= 0.6 is 0 Å². The summed E-state index contributed by atoms with van der Waals surface area (Å²) in [5.74, 6) is 1.40. The molecule has 0 bridgehead atoms. The van der Waals surface area contributed by atoms with E-state index in [-0.39, 0.29) is 0 Å². The van der Waals surface area contributed by atoms with Crippen LogP contribution in [0.25, 0.3) is 0 Å². The molecule has 1 fully saturated rings. The van der Waals surface area contributed by atoms with Gasteiger partial charge in [-0.05, 0) is 32.1 Å². The highest BCUT2D eigenvalue weighted by Crippen LogP contribution is 2.24. The topological polar surface area (TPSA) is 64.3 Å². The molecule has 0 spiro atoms. The second-order valence-corrected chi connectivity index (χ2v) is 5.22. The Balaban J connectivity index is 1.99. The van der Waals surface area contributed by atoms with Crippen molar-refractivity contribution in [3.63, 3.8) is 0 Å². The van der Waals surface area contributed by atoms with Gasteiger partial charge in [0.15, 0.2) is 0 Å². The first-order valence-electron chi connectivity index (χ1n) is 7.15. The average Bonchev–Trinajstić information content (AvgIpc) is 2.45. The molecule has 5 nitrogen and oxygen atoms in total. The van der Waals surface area contributed by atoms with Gasteiger partial charge >= 0.3 is 0 Å². The van der Waals surface area contributed by atoms with E-state index in [1.165, 1.54) is 0 Å². The van der Waals surface area contributed by atoms with Gasteiger partial charge < -0.3 is 15.4 Å². The van der Waals surface area contributed by atoms with Gasteiger partial charge in [-0.2, -0.15) is 4.98 Å². The van der Waals surface area contributed by atoms with Crippen molar-refractivity contribution in [1.82, 2.24) is 9.97 Å². The minimum Gasteiger partial charge on any atom is -0.478 e. The van der Waals surface area contributed by atoms with Crippen molar-refractivity contribution in [2.24, 2.45) is 5.73 Å². The normalized spacial score (nSPS) is 23.1. The molecule has 1 aromatic heterocycles. The average molecular weight is 264 g/mol. The summed E-state index contributed by atoms with van der Waals surface area (Å²) in [6.45, 7) is 2.78. The van der Waals surface area contributed by atoms with Crippen LogP contribution in [0.2, 0.25) is 0 Å². The van der Waals surface area contributed by atoms with Crippen LogP contribution in [0.5, 0.6) is 5.88 Å². The first-order valence-corrected chi connectivity index (χ1v) is 7.15. The molecule has 2 rings (SSSR count). The lowest BCUT2D eigenvalue weighted by atomic mass is 9.91. The zero-order valence-electron chi connectivity index (χ0n) is 11.9. The van der Waals surface area contributed by atoms with Crippen molar-refractivity contribution < 1.29 is 4.74 Å². The van der Waals surface area contributed by atoms with Crippen molar-refractivity contribution >= 4 is 5.95 Å². The molecule has 2 N–H and O–H groups in total. The number of rotatable bonds is 5. The molecule has 5 heteroatoms. The van der Waals surface area contributed by atoms with Crippen molar-refractivity contribution in [3.8, 4) is 5.88 Å². The SMILES string of the molecule is CCCOc1ccnc(N(C)C2CCC(N)CC2)n1. The minimum absolute atomic E-state index is 0.366. The van der Waals surface area contributed by atoms with Gasteiger partial charge in [-0.15, -0.1) is 0 Å². The highest BCUT2D eigenvalue weighted by atomic mass is 16.5. The summed E-state index contributed by atoms with van der Waals surface area (Å²) in [4.78, 5) is 11.0. The van der Waals surface area contributed by atoms with E-state index in [1.807, 2.05) is 6.07 Å². The van der Waals surface area contributed by atoms with E-state index in [4.69, 9.17) is 10.5 Å². The number of hydrogen-bond donors (Lipinski definition) is 1. The molecule has 1 aromatic rings. The van der Waals surface area contributed by atoms with E-state index in [0.29, 0.717) is 24.6 Å². The molecule has 0 radical (unpaired) electrons. The number of ether oxygens (including phenoxy) is 1. The Morgan fingerprint density at radius 2 is 2.11 bits per heavy atom. The van der Waals surface area contributed by atoms with E-state index < -0.39 is 0 Å². The van der Waals surface area contributed by atoms with Crippen LogP contribution in [-0.4, -0.2) is 35.7 Å². The van der Waals surface area contributed by atoms with E-state index >= 15 is 0 Å². The molecule has 106 valence electrons. The van der Waals surface area contributed by atoms with E-state index in [1.54, 1.807) is 6.20 Å². The summed E-state index contributed by atoms with van der Waals surface area (Å²) in [5.41, 5.74) is 5.94. The van der Waals surface area contributed by atoms with E-state index in [9.17, 15) is 0 Å². The van der Waals surface area contributed by atoms with Gasteiger partial charge in [0.25, 0.3) is 0 Å². The highest BCUT2D eigenvalue weighted by molar-refractivity contribution is 5.32. The molecular weight excluding hydrogens is 240 g/mol. The van der Waals surface area contributed by atoms with Crippen LogP contribution < -0.4 is 15.4 Å². The summed E-state index contributed by atoms with van der Waals surface area (Å²) in [5, 5.41) is 0. The lowest BCUT2D eigenvalue weighted by molar-refractivity contribution is 0.304. The van der Waals surface area contributed by atoms with Crippen LogP contribution in [0.15, 0.2) is 12.3 Å². The lowest BCUT2D eigenvalue weighted by Gasteiger charge is -2.33. The molecule has 0 saturated heterocycles. The van der Waals surface area contributed by atoms with Gasteiger partial charge in [-0.3, -0.25) is 0 Å². The molecule has 1 aliphatic carbocycles. The summed E-state index contributed by atoms with van der Waals surface area (Å²) in [6.07, 6.45) is 7.14. The maximum Gasteiger partial charge on any atom is 0.228 e. The lowest BCUT2D eigenvalue weighted by Crippen LogP contribution is -2.39. The molecule has 0 amide bonds. The number of nitrogens with zero attached hydrogens (tertiary/aromatic N) is 3. The zero-order chi connectivity index (χ0) is 13.7. The zero-order valence-corrected chi connectivity index (χ0v) is 11.9. The first kappa shape index (κ1) is 14.1. The Bertz CT molecular complexity index is 391. The monoisotopic (exact) mass is 264 g/mol. The molecule has 1 saturated carbocycles. The van der Waals surface area contributed by atoms with Crippen molar-refractivity contribution in [2.45, 2.75) is 51.1 Å². The first-order chi connectivity index (χ1) is 9.20. The third-order valence-corrected chi connectivity index (χ3v) is 3.68. The van der Waals surface area contributed by atoms with E-state index in [0.717, 1.165) is 38.1 Å². The largest absolute Gasteiger partial charge is 0.478 e. The maximum absolute atomic E-state index is 5.94. The van der Waals surface area contributed by atoms with Gasteiger partial charge in [-0.1, -0.05) is 6.92 Å². The van der Waals surface area contributed by atoms with Crippen molar-refractivity contribution in [2.75, 3.05) is 18.6 Å². The molecule has 0 aromatic carbocycles. The standard InChI is InChI=1S/C14H24N4O/c1-3-10-19-13-8-9-16-14(17-13)18(2)12-6-4-11(15)5-7-12/h8-9,11-12H,3-7,10,15H2,1-2H3. The molecule has 1 heterocycles. The number of aromatic nitrogens is 2. The number of hydrogen-bond acceptors (Lipinski definition) is 5. The quantitative estimate of drug-likeness (QED) is 0.881.